The lowest BCUT2D eigenvalue weighted by Gasteiger charge is -2.21. The minimum absolute atomic E-state index is 0.136. The fourth-order valence-electron chi connectivity index (χ4n) is 2.09. The van der Waals surface area contributed by atoms with Gasteiger partial charge >= 0.3 is 5.97 Å². The summed E-state index contributed by atoms with van der Waals surface area (Å²) in [7, 11) is 0. The molecule has 3 nitrogen and oxygen atoms in total. The van der Waals surface area contributed by atoms with E-state index in [1.165, 1.54) is 12.5 Å². The molecule has 0 unspecified atom stereocenters. The van der Waals surface area contributed by atoms with Crippen molar-refractivity contribution in [3.8, 4) is 0 Å². The van der Waals surface area contributed by atoms with Crippen LogP contribution in [0, 0.1) is 5.92 Å². The van der Waals surface area contributed by atoms with Gasteiger partial charge in [-0.3, -0.25) is 4.79 Å². The smallest absolute Gasteiger partial charge is 0.331 e. The van der Waals surface area contributed by atoms with Crippen LogP contribution in [-0.2, 0) is 14.3 Å². The quantitative estimate of drug-likeness (QED) is 0.419. The number of carbonyl (C=O) groups is 2. The first-order valence-corrected chi connectivity index (χ1v) is 6.01. The van der Waals surface area contributed by atoms with Gasteiger partial charge in [-0.15, -0.1) is 0 Å². The lowest BCUT2D eigenvalue weighted by Crippen LogP contribution is -2.14. The number of allylic oxidation sites excluding steroid dienone is 1. The maximum atomic E-state index is 11.4. The van der Waals surface area contributed by atoms with Gasteiger partial charge in [0.2, 0.25) is 0 Å². The topological polar surface area (TPSA) is 43.4 Å². The zero-order valence-electron chi connectivity index (χ0n) is 10.1. The first-order valence-electron chi connectivity index (χ1n) is 6.01. The molecular formula is C13H20O3. The third kappa shape index (κ3) is 4.17. The summed E-state index contributed by atoms with van der Waals surface area (Å²) < 4.78 is 5.00. The van der Waals surface area contributed by atoms with Crippen LogP contribution in [0.15, 0.2) is 11.6 Å². The maximum absolute atomic E-state index is 11.4. The van der Waals surface area contributed by atoms with Gasteiger partial charge in [0.05, 0.1) is 6.10 Å². The molecule has 0 spiro atoms. The summed E-state index contributed by atoms with van der Waals surface area (Å²) in [6, 6.07) is 0. The summed E-state index contributed by atoms with van der Waals surface area (Å²) >= 11 is 0. The molecule has 0 heterocycles. The SMILES string of the molecule is CC(C)OC(=O)/C=C(/C=O)C1CCCCC1. The van der Waals surface area contributed by atoms with Gasteiger partial charge in [-0.1, -0.05) is 19.3 Å². The molecule has 0 aromatic carbocycles. The van der Waals surface area contributed by atoms with Crippen LogP contribution in [0.25, 0.3) is 0 Å². The Balaban J connectivity index is 2.60. The van der Waals surface area contributed by atoms with E-state index in [2.05, 4.69) is 0 Å². The minimum atomic E-state index is -0.400. The first-order chi connectivity index (χ1) is 7.63. The average Bonchev–Trinajstić information content (AvgIpc) is 2.26. The molecule has 0 aromatic heterocycles. The van der Waals surface area contributed by atoms with Gasteiger partial charge in [0, 0.05) is 11.6 Å². The Morgan fingerprint density at radius 1 is 1.25 bits per heavy atom. The number of ether oxygens (including phenoxy) is 1. The third-order valence-electron chi connectivity index (χ3n) is 2.85. The van der Waals surface area contributed by atoms with Crippen molar-refractivity contribution in [1.29, 1.82) is 0 Å². The van der Waals surface area contributed by atoms with Gasteiger partial charge in [0.1, 0.15) is 6.29 Å². The molecule has 0 saturated heterocycles. The second kappa shape index (κ2) is 6.46. The number of rotatable bonds is 4. The second-order valence-corrected chi connectivity index (χ2v) is 4.58. The third-order valence-corrected chi connectivity index (χ3v) is 2.85. The predicted octanol–water partition coefficient (Wildman–Crippen LogP) is 2.64. The van der Waals surface area contributed by atoms with Crippen LogP contribution in [0.2, 0.25) is 0 Å². The molecule has 0 N–H and O–H groups in total. The minimum Gasteiger partial charge on any atom is -0.460 e. The van der Waals surface area contributed by atoms with Gasteiger partial charge in [-0.25, -0.2) is 4.79 Å². The second-order valence-electron chi connectivity index (χ2n) is 4.58. The Bertz CT molecular complexity index is 273. The van der Waals surface area contributed by atoms with E-state index in [1.54, 1.807) is 13.8 Å². The van der Waals surface area contributed by atoms with E-state index >= 15 is 0 Å². The summed E-state index contributed by atoms with van der Waals surface area (Å²) in [5.74, 6) is -0.145. The molecule has 0 aromatic rings. The van der Waals surface area contributed by atoms with Crippen molar-refractivity contribution >= 4 is 12.3 Å². The van der Waals surface area contributed by atoms with Crippen LogP contribution in [-0.4, -0.2) is 18.4 Å². The summed E-state index contributed by atoms with van der Waals surface area (Å²) in [5.41, 5.74) is 0.602. The Morgan fingerprint density at radius 2 is 1.88 bits per heavy atom. The van der Waals surface area contributed by atoms with Gasteiger partial charge in [0.15, 0.2) is 0 Å². The van der Waals surface area contributed by atoms with Gasteiger partial charge < -0.3 is 4.74 Å². The zero-order valence-corrected chi connectivity index (χ0v) is 10.1. The van der Waals surface area contributed by atoms with E-state index in [0.717, 1.165) is 32.0 Å². The maximum Gasteiger partial charge on any atom is 0.331 e. The molecule has 0 amide bonds. The molecule has 0 bridgehead atoms. The fraction of sp³-hybridized carbons (Fsp3) is 0.692. The molecule has 90 valence electrons. The van der Waals surface area contributed by atoms with E-state index in [9.17, 15) is 9.59 Å². The fourth-order valence-corrected chi connectivity index (χ4v) is 2.09. The summed E-state index contributed by atoms with van der Waals surface area (Å²) in [5, 5.41) is 0. The number of aldehydes is 1. The lowest BCUT2D eigenvalue weighted by atomic mass is 9.84. The van der Waals surface area contributed by atoms with E-state index in [0.29, 0.717) is 5.57 Å². The highest BCUT2D eigenvalue weighted by Gasteiger charge is 2.18. The highest BCUT2D eigenvalue weighted by molar-refractivity contribution is 5.90. The predicted molar refractivity (Wildman–Crippen MR) is 62.0 cm³/mol. The molecule has 0 atom stereocenters. The van der Waals surface area contributed by atoms with Gasteiger partial charge in [0.25, 0.3) is 0 Å². The Kier molecular flexibility index (Phi) is 5.23. The molecule has 3 heteroatoms. The van der Waals surface area contributed by atoms with E-state index in [4.69, 9.17) is 4.74 Å². The van der Waals surface area contributed by atoms with Gasteiger partial charge in [-0.05, 0) is 32.6 Å². The standard InChI is InChI=1S/C13H20O3/c1-10(2)16-13(15)8-12(9-14)11-6-4-3-5-7-11/h8-11H,3-7H2,1-2H3/b12-8-. The Labute approximate surface area is 96.9 Å². The molecule has 1 saturated carbocycles. The van der Waals surface area contributed by atoms with Crippen LogP contribution in [0.5, 0.6) is 0 Å². The molecule has 1 aliphatic carbocycles. The average molecular weight is 224 g/mol. The van der Waals surface area contributed by atoms with Crippen LogP contribution in [0.3, 0.4) is 0 Å². The number of esters is 1. The van der Waals surface area contributed by atoms with Crippen LogP contribution in [0.4, 0.5) is 0 Å². The van der Waals surface area contributed by atoms with Crippen molar-refractivity contribution in [2.45, 2.75) is 52.1 Å². The monoisotopic (exact) mass is 224 g/mol. The van der Waals surface area contributed by atoms with Crippen LogP contribution in [0.1, 0.15) is 46.0 Å². The van der Waals surface area contributed by atoms with Crippen LogP contribution >= 0.6 is 0 Å². The largest absolute Gasteiger partial charge is 0.460 e. The molecule has 1 fully saturated rings. The number of hydrogen-bond acceptors (Lipinski definition) is 3. The molecule has 1 rings (SSSR count). The van der Waals surface area contributed by atoms with E-state index in [1.807, 2.05) is 0 Å². The molecule has 16 heavy (non-hydrogen) atoms. The first kappa shape index (κ1) is 12.9. The molecular weight excluding hydrogens is 204 g/mol. The highest BCUT2D eigenvalue weighted by atomic mass is 16.5. The number of hydrogen-bond donors (Lipinski definition) is 0. The van der Waals surface area contributed by atoms with E-state index in [-0.39, 0.29) is 12.0 Å². The van der Waals surface area contributed by atoms with Crippen molar-refractivity contribution in [3.63, 3.8) is 0 Å². The van der Waals surface area contributed by atoms with Crippen LogP contribution < -0.4 is 0 Å². The van der Waals surface area contributed by atoms with Gasteiger partial charge in [-0.2, -0.15) is 0 Å². The van der Waals surface area contributed by atoms with Crippen molar-refractivity contribution in [1.82, 2.24) is 0 Å². The Morgan fingerprint density at radius 3 is 2.38 bits per heavy atom. The summed E-state index contributed by atoms with van der Waals surface area (Å²) in [6.07, 6.45) is 7.59. The summed E-state index contributed by atoms with van der Waals surface area (Å²) in [4.78, 5) is 22.4. The molecule has 1 aliphatic rings. The normalized spacial score (nSPS) is 18.6. The number of carbonyl (C=O) groups excluding carboxylic acids is 2. The Hall–Kier alpha value is -1.12. The van der Waals surface area contributed by atoms with Crippen molar-refractivity contribution in [2.24, 2.45) is 5.92 Å². The zero-order chi connectivity index (χ0) is 12.0. The van der Waals surface area contributed by atoms with Crippen molar-refractivity contribution in [2.75, 3.05) is 0 Å². The molecule has 0 aliphatic heterocycles. The molecule has 0 radical (unpaired) electrons. The van der Waals surface area contributed by atoms with E-state index < -0.39 is 5.97 Å². The highest BCUT2D eigenvalue weighted by Crippen LogP contribution is 2.28. The summed E-state index contributed by atoms with van der Waals surface area (Å²) in [6.45, 7) is 3.60. The van der Waals surface area contributed by atoms with Crippen molar-refractivity contribution < 1.29 is 14.3 Å². The lowest BCUT2D eigenvalue weighted by molar-refractivity contribution is -0.141. The van der Waals surface area contributed by atoms with Crippen molar-refractivity contribution in [3.05, 3.63) is 11.6 Å².